The van der Waals surface area contributed by atoms with Crippen LogP contribution in [0.4, 0.5) is 17.1 Å². The first-order valence-corrected chi connectivity index (χ1v) is 12.4. The molecule has 0 fully saturated rings. The number of hydrogen-bond donors (Lipinski definition) is 3. The number of benzene rings is 4. The van der Waals surface area contributed by atoms with Gasteiger partial charge in [0.05, 0.1) is 0 Å². The smallest absolute Gasteiger partial charge is 0.265 e. The number of ether oxygens (including phenoxy) is 2. The molecule has 0 aliphatic heterocycles. The Morgan fingerprint density at radius 3 is 1.28 bits per heavy atom. The normalized spacial score (nSPS) is 11.9. The van der Waals surface area contributed by atoms with Gasteiger partial charge in [0.25, 0.3) is 17.7 Å². The van der Waals surface area contributed by atoms with Gasteiger partial charge in [-0.15, -0.1) is 0 Å². The summed E-state index contributed by atoms with van der Waals surface area (Å²) in [5.74, 6) is 0.317. The highest BCUT2D eigenvalue weighted by Crippen LogP contribution is 2.18. The van der Waals surface area contributed by atoms with Crippen molar-refractivity contribution >= 4 is 34.8 Å². The van der Waals surface area contributed by atoms with E-state index in [-0.39, 0.29) is 17.7 Å². The van der Waals surface area contributed by atoms with E-state index in [1.54, 1.807) is 86.6 Å². The zero-order valence-corrected chi connectivity index (χ0v) is 21.6. The number of nitrogens with one attached hydrogen (secondary N) is 3. The predicted molar refractivity (Wildman–Crippen MR) is 151 cm³/mol. The third-order valence-electron chi connectivity index (χ3n) is 5.68. The molecule has 0 spiro atoms. The second-order valence-corrected chi connectivity index (χ2v) is 8.73. The molecule has 0 saturated carbocycles. The number of carbonyl (C=O) groups excluding carboxylic acids is 3. The van der Waals surface area contributed by atoms with Gasteiger partial charge in [0.2, 0.25) is 0 Å². The van der Waals surface area contributed by atoms with Crippen LogP contribution in [0.15, 0.2) is 109 Å². The van der Waals surface area contributed by atoms with Crippen molar-refractivity contribution in [3.05, 3.63) is 115 Å². The zero-order chi connectivity index (χ0) is 27.6. The molecule has 0 bridgehead atoms. The lowest BCUT2D eigenvalue weighted by Gasteiger charge is -2.15. The summed E-state index contributed by atoms with van der Waals surface area (Å²) in [5.41, 5.74) is 2.11. The molecule has 4 aromatic carbocycles. The predicted octanol–water partition coefficient (Wildman–Crippen LogP) is 5.75. The van der Waals surface area contributed by atoms with Crippen molar-refractivity contribution < 1.29 is 23.9 Å². The minimum absolute atomic E-state index is 0.288. The third-order valence-corrected chi connectivity index (χ3v) is 5.68. The van der Waals surface area contributed by atoms with Gasteiger partial charge in [0.1, 0.15) is 11.5 Å². The largest absolute Gasteiger partial charge is 0.481 e. The molecule has 8 nitrogen and oxygen atoms in total. The van der Waals surface area contributed by atoms with Crippen molar-refractivity contribution in [3.8, 4) is 11.5 Å². The zero-order valence-electron chi connectivity index (χ0n) is 21.6. The Kier molecular flexibility index (Phi) is 8.92. The second kappa shape index (κ2) is 12.9. The monoisotopic (exact) mass is 523 g/mol. The van der Waals surface area contributed by atoms with Crippen molar-refractivity contribution in [2.45, 2.75) is 26.1 Å². The van der Waals surface area contributed by atoms with Crippen molar-refractivity contribution in [3.63, 3.8) is 0 Å². The number of carbonyl (C=O) groups is 3. The lowest BCUT2D eigenvalue weighted by Crippen LogP contribution is -2.30. The molecular formula is C31H29N3O5. The summed E-state index contributed by atoms with van der Waals surface area (Å²) in [4.78, 5) is 37.6. The first-order chi connectivity index (χ1) is 18.9. The summed E-state index contributed by atoms with van der Waals surface area (Å²) >= 11 is 0. The quantitative estimate of drug-likeness (QED) is 0.245. The standard InChI is InChI=1S/C31H29N3O5/c1-21(38-27-9-5-3-6-10-27)29(35)32-24-15-13-23(14-16-24)31(37)34-26-19-17-25(18-20-26)33-30(36)22(2)39-28-11-7-4-8-12-28/h3-22H,1-2H3,(H,32,35)(H,33,36)(H,34,37)/t21-,22-/m0/s1. The molecule has 4 aromatic rings. The van der Waals surface area contributed by atoms with E-state index >= 15 is 0 Å². The Hall–Kier alpha value is -5.11. The van der Waals surface area contributed by atoms with E-state index in [2.05, 4.69) is 16.0 Å². The molecule has 8 heteroatoms. The number of rotatable bonds is 10. The first kappa shape index (κ1) is 26.9. The Balaban J connectivity index is 1.26. The molecule has 4 rings (SSSR count). The summed E-state index contributed by atoms with van der Waals surface area (Å²) in [6.45, 7) is 3.34. The van der Waals surface area contributed by atoms with Gasteiger partial charge in [0, 0.05) is 22.6 Å². The minimum Gasteiger partial charge on any atom is -0.481 e. The molecule has 0 unspecified atom stereocenters. The Labute approximate surface area is 227 Å². The van der Waals surface area contributed by atoms with Crippen molar-refractivity contribution in [1.29, 1.82) is 0 Å². The Morgan fingerprint density at radius 1 is 0.513 bits per heavy atom. The molecule has 0 saturated heterocycles. The van der Waals surface area contributed by atoms with Crippen LogP contribution in [0.3, 0.4) is 0 Å². The van der Waals surface area contributed by atoms with Gasteiger partial charge in [-0.2, -0.15) is 0 Å². The van der Waals surface area contributed by atoms with Crippen LogP contribution in [0.1, 0.15) is 24.2 Å². The summed E-state index contributed by atoms with van der Waals surface area (Å²) in [7, 11) is 0. The number of para-hydroxylation sites is 2. The number of anilines is 3. The van der Waals surface area contributed by atoms with Crippen LogP contribution < -0.4 is 25.4 Å². The average Bonchev–Trinajstić information content (AvgIpc) is 2.95. The summed E-state index contributed by atoms with van der Waals surface area (Å²) in [5, 5.41) is 8.40. The van der Waals surface area contributed by atoms with E-state index in [1.165, 1.54) is 0 Å². The van der Waals surface area contributed by atoms with Gasteiger partial charge in [-0.1, -0.05) is 36.4 Å². The maximum Gasteiger partial charge on any atom is 0.265 e. The van der Waals surface area contributed by atoms with E-state index in [0.29, 0.717) is 34.1 Å². The molecule has 0 aromatic heterocycles. The maximum absolute atomic E-state index is 12.7. The van der Waals surface area contributed by atoms with Gasteiger partial charge >= 0.3 is 0 Å². The Bertz CT molecular complexity index is 1390. The van der Waals surface area contributed by atoms with Crippen LogP contribution in [-0.2, 0) is 9.59 Å². The molecule has 198 valence electrons. The van der Waals surface area contributed by atoms with E-state index in [1.807, 2.05) is 36.4 Å². The van der Waals surface area contributed by atoms with Crippen LogP contribution in [0.5, 0.6) is 11.5 Å². The van der Waals surface area contributed by atoms with Crippen molar-refractivity contribution in [1.82, 2.24) is 0 Å². The molecule has 2 atom stereocenters. The highest BCUT2D eigenvalue weighted by Gasteiger charge is 2.16. The first-order valence-electron chi connectivity index (χ1n) is 12.4. The molecule has 3 amide bonds. The fourth-order valence-electron chi connectivity index (χ4n) is 3.55. The highest BCUT2D eigenvalue weighted by molar-refractivity contribution is 6.05. The Morgan fingerprint density at radius 2 is 0.872 bits per heavy atom. The lowest BCUT2D eigenvalue weighted by atomic mass is 10.1. The van der Waals surface area contributed by atoms with Crippen LogP contribution in [0.25, 0.3) is 0 Å². The van der Waals surface area contributed by atoms with Crippen LogP contribution in [0, 0.1) is 0 Å². The van der Waals surface area contributed by atoms with Crippen LogP contribution in [0.2, 0.25) is 0 Å². The topological polar surface area (TPSA) is 106 Å². The molecule has 0 aliphatic rings. The number of hydrogen-bond acceptors (Lipinski definition) is 5. The fraction of sp³-hybridized carbons (Fsp3) is 0.129. The van der Waals surface area contributed by atoms with Gasteiger partial charge in [-0.05, 0) is 86.6 Å². The van der Waals surface area contributed by atoms with Crippen molar-refractivity contribution in [2.24, 2.45) is 0 Å². The molecule has 0 aliphatic carbocycles. The van der Waals surface area contributed by atoms with E-state index in [9.17, 15) is 14.4 Å². The van der Waals surface area contributed by atoms with Gasteiger partial charge in [-0.3, -0.25) is 14.4 Å². The van der Waals surface area contributed by atoms with Crippen molar-refractivity contribution in [2.75, 3.05) is 16.0 Å². The molecule has 3 N–H and O–H groups in total. The van der Waals surface area contributed by atoms with Gasteiger partial charge < -0.3 is 25.4 Å². The molecule has 0 heterocycles. The van der Waals surface area contributed by atoms with Gasteiger partial charge in [-0.25, -0.2) is 0 Å². The lowest BCUT2D eigenvalue weighted by molar-refractivity contribution is -0.122. The second-order valence-electron chi connectivity index (χ2n) is 8.73. The fourth-order valence-corrected chi connectivity index (χ4v) is 3.55. The van der Waals surface area contributed by atoms with E-state index in [4.69, 9.17) is 9.47 Å². The third kappa shape index (κ3) is 7.93. The average molecular weight is 524 g/mol. The van der Waals surface area contributed by atoms with E-state index < -0.39 is 12.2 Å². The van der Waals surface area contributed by atoms with Crippen LogP contribution in [-0.4, -0.2) is 29.9 Å². The molecule has 0 radical (unpaired) electrons. The van der Waals surface area contributed by atoms with Gasteiger partial charge in [0.15, 0.2) is 12.2 Å². The SMILES string of the molecule is C[C@H](Oc1ccccc1)C(=O)Nc1ccc(NC(=O)c2ccc(NC(=O)[C@H](C)Oc3ccccc3)cc2)cc1. The van der Waals surface area contributed by atoms with Crippen LogP contribution >= 0.6 is 0 Å². The molecule has 39 heavy (non-hydrogen) atoms. The summed E-state index contributed by atoms with van der Waals surface area (Å²) < 4.78 is 11.3. The minimum atomic E-state index is -0.692. The maximum atomic E-state index is 12.7. The number of amides is 3. The van der Waals surface area contributed by atoms with E-state index in [0.717, 1.165) is 0 Å². The molecular weight excluding hydrogens is 494 g/mol. The summed E-state index contributed by atoms with van der Waals surface area (Å²) in [6.07, 6.45) is -1.37. The highest BCUT2D eigenvalue weighted by atomic mass is 16.5. The summed E-state index contributed by atoms with van der Waals surface area (Å²) in [6, 6.07) is 31.5.